The van der Waals surface area contributed by atoms with E-state index in [4.69, 9.17) is 23.2 Å². The molecule has 0 amide bonds. The van der Waals surface area contributed by atoms with Crippen molar-refractivity contribution < 1.29 is 0 Å². The number of rotatable bonds is 3. The SMILES string of the molecule is CCN1CCC(c2ccc(Cl)cc2)(c2ccc(Cl)cc2)CC1. The van der Waals surface area contributed by atoms with Crippen molar-refractivity contribution in [3.05, 3.63) is 69.7 Å². The summed E-state index contributed by atoms with van der Waals surface area (Å²) in [5, 5.41) is 1.59. The molecule has 0 aliphatic carbocycles. The van der Waals surface area contributed by atoms with Gasteiger partial charge in [-0.25, -0.2) is 0 Å². The summed E-state index contributed by atoms with van der Waals surface area (Å²) in [6.07, 6.45) is 2.26. The number of hydrogen-bond acceptors (Lipinski definition) is 1. The van der Waals surface area contributed by atoms with Crippen LogP contribution in [-0.2, 0) is 5.41 Å². The van der Waals surface area contributed by atoms with Gasteiger partial charge in [0.2, 0.25) is 0 Å². The van der Waals surface area contributed by atoms with Crippen LogP contribution in [0.15, 0.2) is 48.5 Å². The summed E-state index contributed by atoms with van der Waals surface area (Å²) in [4.78, 5) is 2.52. The molecule has 0 saturated carbocycles. The fraction of sp³-hybridized carbons (Fsp3) is 0.368. The summed E-state index contributed by atoms with van der Waals surface area (Å²) < 4.78 is 0. The molecular formula is C19H21Cl2N. The molecule has 3 rings (SSSR count). The number of likely N-dealkylation sites (tertiary alicyclic amines) is 1. The van der Waals surface area contributed by atoms with Crippen LogP contribution in [0.4, 0.5) is 0 Å². The van der Waals surface area contributed by atoms with Crippen LogP contribution in [0.3, 0.4) is 0 Å². The maximum absolute atomic E-state index is 6.08. The van der Waals surface area contributed by atoms with Gasteiger partial charge in [0.15, 0.2) is 0 Å². The Morgan fingerprint density at radius 1 is 0.818 bits per heavy atom. The van der Waals surface area contributed by atoms with Crippen LogP contribution >= 0.6 is 23.2 Å². The maximum atomic E-state index is 6.08. The van der Waals surface area contributed by atoms with Crippen LogP contribution in [0.1, 0.15) is 30.9 Å². The molecule has 0 spiro atoms. The van der Waals surface area contributed by atoms with E-state index >= 15 is 0 Å². The number of hydrogen-bond donors (Lipinski definition) is 0. The van der Waals surface area contributed by atoms with Gasteiger partial charge in [0.1, 0.15) is 0 Å². The van der Waals surface area contributed by atoms with Crippen molar-refractivity contribution in [2.45, 2.75) is 25.2 Å². The summed E-state index contributed by atoms with van der Waals surface area (Å²) in [7, 11) is 0. The van der Waals surface area contributed by atoms with Crippen LogP contribution in [0.25, 0.3) is 0 Å². The first kappa shape index (κ1) is 15.9. The number of benzene rings is 2. The average molecular weight is 334 g/mol. The third kappa shape index (κ3) is 3.03. The first-order valence-electron chi connectivity index (χ1n) is 7.88. The summed E-state index contributed by atoms with van der Waals surface area (Å²) >= 11 is 12.2. The predicted octanol–water partition coefficient (Wildman–Crippen LogP) is 5.40. The van der Waals surface area contributed by atoms with E-state index in [0.29, 0.717) is 0 Å². The number of nitrogens with zero attached hydrogens (tertiary/aromatic N) is 1. The van der Waals surface area contributed by atoms with Gasteiger partial charge < -0.3 is 4.90 Å². The van der Waals surface area contributed by atoms with Gasteiger partial charge >= 0.3 is 0 Å². The smallest absolute Gasteiger partial charge is 0.0406 e. The van der Waals surface area contributed by atoms with Gasteiger partial charge in [0.25, 0.3) is 0 Å². The molecule has 22 heavy (non-hydrogen) atoms. The minimum atomic E-state index is 0.0703. The maximum Gasteiger partial charge on any atom is 0.0406 e. The van der Waals surface area contributed by atoms with Crippen molar-refractivity contribution in [2.75, 3.05) is 19.6 Å². The van der Waals surface area contributed by atoms with Crippen LogP contribution < -0.4 is 0 Å². The average Bonchev–Trinajstić information content (AvgIpc) is 2.56. The molecule has 0 bridgehead atoms. The van der Waals surface area contributed by atoms with E-state index in [1.807, 2.05) is 24.3 Å². The highest BCUT2D eigenvalue weighted by Crippen LogP contribution is 2.42. The summed E-state index contributed by atoms with van der Waals surface area (Å²) in [6, 6.07) is 16.7. The van der Waals surface area contributed by atoms with Crippen LogP contribution in [-0.4, -0.2) is 24.5 Å². The Morgan fingerprint density at radius 3 is 1.59 bits per heavy atom. The summed E-state index contributed by atoms with van der Waals surface area (Å²) in [6.45, 7) is 5.61. The number of piperidine rings is 1. The van der Waals surface area contributed by atoms with Gasteiger partial charge in [-0.15, -0.1) is 0 Å². The largest absolute Gasteiger partial charge is 0.304 e. The molecule has 0 aromatic heterocycles. The molecule has 0 atom stereocenters. The van der Waals surface area contributed by atoms with Crippen molar-refractivity contribution in [1.82, 2.24) is 4.90 Å². The molecule has 1 fully saturated rings. The second-order valence-corrected chi connectivity index (χ2v) is 6.90. The highest BCUT2D eigenvalue weighted by molar-refractivity contribution is 6.30. The van der Waals surface area contributed by atoms with Crippen molar-refractivity contribution in [2.24, 2.45) is 0 Å². The summed E-state index contributed by atoms with van der Waals surface area (Å²) in [5.41, 5.74) is 2.78. The van der Waals surface area contributed by atoms with E-state index in [9.17, 15) is 0 Å². The Kier molecular flexibility index (Phi) is 4.77. The lowest BCUT2D eigenvalue weighted by molar-refractivity contribution is 0.187. The fourth-order valence-electron chi connectivity index (χ4n) is 3.53. The molecule has 1 aliphatic heterocycles. The highest BCUT2D eigenvalue weighted by atomic mass is 35.5. The van der Waals surface area contributed by atoms with E-state index in [0.717, 1.165) is 42.5 Å². The molecule has 1 heterocycles. The number of halogens is 2. The van der Waals surface area contributed by atoms with Gasteiger partial charge in [0.05, 0.1) is 0 Å². The Bertz CT molecular complexity index is 563. The standard InChI is InChI=1S/C19H21Cl2N/c1-2-22-13-11-19(12-14-22,15-3-7-17(20)8-4-15)16-5-9-18(21)10-6-16/h3-10H,2,11-14H2,1H3. The van der Waals surface area contributed by atoms with E-state index in [2.05, 4.69) is 36.1 Å². The third-order valence-corrected chi connectivity index (χ3v) is 5.45. The molecule has 1 saturated heterocycles. The summed E-state index contributed by atoms with van der Waals surface area (Å²) in [5.74, 6) is 0. The van der Waals surface area contributed by atoms with E-state index < -0.39 is 0 Å². The van der Waals surface area contributed by atoms with Crippen LogP contribution in [0.5, 0.6) is 0 Å². The lowest BCUT2D eigenvalue weighted by atomic mass is 9.68. The van der Waals surface area contributed by atoms with Crippen LogP contribution in [0, 0.1) is 0 Å². The Labute approximate surface area is 142 Å². The van der Waals surface area contributed by atoms with Crippen molar-refractivity contribution in [3.63, 3.8) is 0 Å². The molecule has 116 valence electrons. The lowest BCUT2D eigenvalue weighted by Gasteiger charge is -2.42. The third-order valence-electron chi connectivity index (χ3n) is 4.95. The van der Waals surface area contributed by atoms with Crippen molar-refractivity contribution in [3.8, 4) is 0 Å². The first-order valence-corrected chi connectivity index (χ1v) is 8.64. The van der Waals surface area contributed by atoms with Crippen LogP contribution in [0.2, 0.25) is 10.0 Å². The van der Waals surface area contributed by atoms with Crippen molar-refractivity contribution >= 4 is 23.2 Å². The molecular weight excluding hydrogens is 313 g/mol. The normalized spacial score (nSPS) is 18.3. The van der Waals surface area contributed by atoms with Gasteiger partial charge in [0, 0.05) is 15.5 Å². The minimum Gasteiger partial charge on any atom is -0.304 e. The lowest BCUT2D eigenvalue weighted by Crippen LogP contribution is -2.43. The van der Waals surface area contributed by atoms with E-state index in [1.54, 1.807) is 0 Å². The molecule has 0 unspecified atom stereocenters. The predicted molar refractivity (Wildman–Crippen MR) is 95.0 cm³/mol. The molecule has 0 radical (unpaired) electrons. The van der Waals surface area contributed by atoms with E-state index in [1.165, 1.54) is 11.1 Å². The monoisotopic (exact) mass is 333 g/mol. The molecule has 1 aliphatic rings. The van der Waals surface area contributed by atoms with Gasteiger partial charge in [-0.2, -0.15) is 0 Å². The second-order valence-electron chi connectivity index (χ2n) is 6.03. The molecule has 2 aromatic carbocycles. The van der Waals surface area contributed by atoms with Gasteiger partial charge in [-0.05, 0) is 67.9 Å². The quantitative estimate of drug-likeness (QED) is 0.727. The zero-order valence-corrected chi connectivity index (χ0v) is 14.4. The second kappa shape index (κ2) is 6.62. The zero-order valence-electron chi connectivity index (χ0n) is 12.9. The fourth-order valence-corrected chi connectivity index (χ4v) is 3.78. The van der Waals surface area contributed by atoms with Crippen molar-refractivity contribution in [1.29, 1.82) is 0 Å². The molecule has 0 N–H and O–H groups in total. The van der Waals surface area contributed by atoms with Gasteiger partial charge in [-0.1, -0.05) is 54.4 Å². The van der Waals surface area contributed by atoms with Gasteiger partial charge in [-0.3, -0.25) is 0 Å². The Hall–Kier alpha value is -1.02. The molecule has 2 aromatic rings. The minimum absolute atomic E-state index is 0.0703. The first-order chi connectivity index (χ1) is 10.6. The Balaban J connectivity index is 2.02. The highest BCUT2D eigenvalue weighted by Gasteiger charge is 2.37. The van der Waals surface area contributed by atoms with E-state index in [-0.39, 0.29) is 5.41 Å². The topological polar surface area (TPSA) is 3.24 Å². The molecule has 1 nitrogen and oxygen atoms in total. The zero-order chi connectivity index (χ0) is 15.6. The Morgan fingerprint density at radius 2 is 1.23 bits per heavy atom. The molecule has 3 heteroatoms.